The van der Waals surface area contributed by atoms with E-state index in [1.165, 1.54) is 17.0 Å². The van der Waals surface area contributed by atoms with Crippen molar-refractivity contribution in [1.29, 1.82) is 0 Å². The predicted octanol–water partition coefficient (Wildman–Crippen LogP) is 2.89. The van der Waals surface area contributed by atoms with Crippen LogP contribution in [-0.4, -0.2) is 24.4 Å². The van der Waals surface area contributed by atoms with E-state index in [1.54, 1.807) is 7.11 Å². The molecule has 1 aliphatic rings. The first-order valence-corrected chi connectivity index (χ1v) is 5.44. The number of ether oxygens (including phenoxy) is 1. The van der Waals surface area contributed by atoms with Crippen LogP contribution in [0.15, 0.2) is 30.9 Å². The van der Waals surface area contributed by atoms with Gasteiger partial charge in [-0.15, -0.1) is 0 Å². The zero-order valence-electron chi connectivity index (χ0n) is 10.4. The quantitative estimate of drug-likeness (QED) is 0.692. The Balaban J connectivity index is 2.67. The molecular weight excluding hydrogens is 198 g/mol. The van der Waals surface area contributed by atoms with E-state index in [9.17, 15) is 0 Å². The van der Waals surface area contributed by atoms with Gasteiger partial charge in [0, 0.05) is 11.6 Å². The fraction of sp³-hybridized carbons (Fsp3) is 0.357. The maximum atomic E-state index is 5.28. The van der Waals surface area contributed by atoms with Crippen molar-refractivity contribution >= 4 is 11.4 Å². The summed E-state index contributed by atoms with van der Waals surface area (Å²) in [5, 5.41) is 0. The summed E-state index contributed by atoms with van der Waals surface area (Å²) < 4.78 is 7.48. The number of fused-ring (bicyclic) bond motifs is 1. The maximum Gasteiger partial charge on any atom is 0.209 e. The summed E-state index contributed by atoms with van der Waals surface area (Å²) >= 11 is 0. The van der Waals surface area contributed by atoms with Gasteiger partial charge < -0.3 is 4.74 Å². The highest BCUT2D eigenvalue weighted by molar-refractivity contribution is 6.02. The van der Waals surface area contributed by atoms with Crippen LogP contribution in [0.2, 0.25) is 0 Å². The molecule has 0 atom stereocenters. The summed E-state index contributed by atoms with van der Waals surface area (Å²) in [5.74, 6) is 0.908. The van der Waals surface area contributed by atoms with E-state index in [1.807, 2.05) is 12.1 Å². The van der Waals surface area contributed by atoms with Crippen molar-refractivity contribution in [2.45, 2.75) is 19.3 Å². The lowest BCUT2D eigenvalue weighted by Gasteiger charge is -2.15. The minimum absolute atomic E-state index is 0.000370. The summed E-state index contributed by atoms with van der Waals surface area (Å²) in [6.07, 6.45) is 1.94. The van der Waals surface area contributed by atoms with Crippen molar-refractivity contribution in [3.63, 3.8) is 0 Å². The maximum absolute atomic E-state index is 5.28. The van der Waals surface area contributed by atoms with Crippen molar-refractivity contribution in [2.75, 3.05) is 14.2 Å². The van der Waals surface area contributed by atoms with E-state index in [0.717, 1.165) is 5.75 Å². The third kappa shape index (κ3) is 1.29. The summed E-state index contributed by atoms with van der Waals surface area (Å²) in [6, 6.07) is 6.21. The average molecular weight is 216 g/mol. The SMILES string of the molecule is C=CC1=[N+](C)c2ccc(OC)cc2C1(C)C. The first-order valence-electron chi connectivity index (χ1n) is 5.44. The molecule has 0 fully saturated rings. The zero-order valence-corrected chi connectivity index (χ0v) is 10.4. The lowest BCUT2D eigenvalue weighted by molar-refractivity contribution is -0.401. The molecule has 1 heterocycles. The molecule has 1 aliphatic heterocycles. The Hall–Kier alpha value is -1.57. The molecule has 0 spiro atoms. The zero-order chi connectivity index (χ0) is 11.9. The molecule has 84 valence electrons. The molecule has 0 unspecified atom stereocenters. The molecule has 16 heavy (non-hydrogen) atoms. The smallest absolute Gasteiger partial charge is 0.209 e. The van der Waals surface area contributed by atoms with Crippen molar-refractivity contribution in [2.24, 2.45) is 0 Å². The molecular formula is C14H18NO+. The number of methoxy groups -OCH3 is 1. The fourth-order valence-electron chi connectivity index (χ4n) is 2.51. The van der Waals surface area contributed by atoms with Gasteiger partial charge in [0.2, 0.25) is 5.69 Å². The van der Waals surface area contributed by atoms with Crippen molar-refractivity contribution in [3.8, 4) is 5.75 Å². The van der Waals surface area contributed by atoms with Crippen molar-refractivity contribution in [3.05, 3.63) is 36.4 Å². The van der Waals surface area contributed by atoms with Crippen LogP contribution in [0.3, 0.4) is 0 Å². The highest BCUT2D eigenvalue weighted by Gasteiger charge is 2.42. The van der Waals surface area contributed by atoms with E-state index >= 15 is 0 Å². The van der Waals surface area contributed by atoms with Crippen LogP contribution in [0.1, 0.15) is 19.4 Å². The minimum atomic E-state index is 0.000370. The number of hydrogen-bond acceptors (Lipinski definition) is 1. The third-order valence-corrected chi connectivity index (χ3v) is 3.43. The van der Waals surface area contributed by atoms with E-state index < -0.39 is 0 Å². The number of rotatable bonds is 2. The Morgan fingerprint density at radius 1 is 1.38 bits per heavy atom. The van der Waals surface area contributed by atoms with Gasteiger partial charge in [0.1, 0.15) is 12.8 Å². The Labute approximate surface area is 96.9 Å². The number of nitrogens with zero attached hydrogens (tertiary/aromatic N) is 1. The largest absolute Gasteiger partial charge is 0.497 e. The molecule has 0 aromatic heterocycles. The molecule has 0 amide bonds. The van der Waals surface area contributed by atoms with Gasteiger partial charge in [-0.3, -0.25) is 0 Å². The van der Waals surface area contributed by atoms with Crippen LogP contribution in [0.5, 0.6) is 5.75 Å². The molecule has 2 rings (SSSR count). The summed E-state index contributed by atoms with van der Waals surface area (Å²) in [4.78, 5) is 0. The molecule has 0 saturated heterocycles. The van der Waals surface area contributed by atoms with Gasteiger partial charge in [0.05, 0.1) is 12.5 Å². The van der Waals surface area contributed by atoms with Crippen LogP contribution >= 0.6 is 0 Å². The molecule has 0 bridgehead atoms. The van der Waals surface area contributed by atoms with Crippen molar-refractivity contribution in [1.82, 2.24) is 0 Å². The lowest BCUT2D eigenvalue weighted by Crippen LogP contribution is -2.26. The highest BCUT2D eigenvalue weighted by Crippen LogP contribution is 2.40. The number of allylic oxidation sites excluding steroid dienone is 1. The Morgan fingerprint density at radius 2 is 2.06 bits per heavy atom. The second-order valence-corrected chi connectivity index (χ2v) is 4.66. The topological polar surface area (TPSA) is 12.2 Å². The van der Waals surface area contributed by atoms with Crippen LogP contribution in [0, 0.1) is 0 Å². The number of benzene rings is 1. The van der Waals surface area contributed by atoms with Crippen molar-refractivity contribution < 1.29 is 9.31 Å². The molecule has 2 heteroatoms. The normalized spacial score (nSPS) is 17.2. The first-order chi connectivity index (χ1) is 7.52. The van der Waals surface area contributed by atoms with Gasteiger partial charge in [0.25, 0.3) is 0 Å². The Bertz CT molecular complexity index is 484. The molecule has 1 aromatic carbocycles. The minimum Gasteiger partial charge on any atom is -0.497 e. The van der Waals surface area contributed by atoms with E-state index in [0.29, 0.717) is 0 Å². The van der Waals surface area contributed by atoms with Gasteiger partial charge in [-0.2, -0.15) is 4.58 Å². The van der Waals surface area contributed by atoms with Gasteiger partial charge in [-0.05, 0) is 32.1 Å². The average Bonchev–Trinajstić information content (AvgIpc) is 2.46. The van der Waals surface area contributed by atoms with Crippen LogP contribution in [-0.2, 0) is 5.41 Å². The Kier molecular flexibility index (Phi) is 2.38. The van der Waals surface area contributed by atoms with Crippen LogP contribution < -0.4 is 4.74 Å². The fourth-order valence-corrected chi connectivity index (χ4v) is 2.51. The summed E-state index contributed by atoms with van der Waals surface area (Å²) in [7, 11) is 3.78. The predicted molar refractivity (Wildman–Crippen MR) is 67.1 cm³/mol. The second-order valence-electron chi connectivity index (χ2n) is 4.66. The number of hydrogen-bond donors (Lipinski definition) is 0. The molecule has 1 aromatic rings. The van der Waals surface area contributed by atoms with Gasteiger partial charge >= 0.3 is 0 Å². The molecule has 2 nitrogen and oxygen atoms in total. The summed E-state index contributed by atoms with van der Waals surface area (Å²) in [5.41, 5.74) is 3.76. The standard InChI is InChI=1S/C14H18NO/c1-6-13-14(2,3)11-9-10(16-5)7-8-12(11)15(13)4/h6-9H,1H2,2-5H3/q+1. The third-order valence-electron chi connectivity index (χ3n) is 3.43. The molecule has 0 aliphatic carbocycles. The lowest BCUT2D eigenvalue weighted by atomic mass is 9.81. The first kappa shape index (κ1) is 10.9. The van der Waals surface area contributed by atoms with Gasteiger partial charge in [0.15, 0.2) is 5.71 Å². The monoisotopic (exact) mass is 216 g/mol. The molecule has 0 radical (unpaired) electrons. The van der Waals surface area contributed by atoms with Gasteiger partial charge in [-0.1, -0.05) is 6.58 Å². The van der Waals surface area contributed by atoms with Crippen LogP contribution in [0.25, 0.3) is 0 Å². The van der Waals surface area contributed by atoms with E-state index in [2.05, 4.69) is 44.2 Å². The van der Waals surface area contributed by atoms with Gasteiger partial charge in [-0.25, -0.2) is 0 Å². The Morgan fingerprint density at radius 3 is 2.62 bits per heavy atom. The summed E-state index contributed by atoms with van der Waals surface area (Å²) in [6.45, 7) is 8.33. The van der Waals surface area contributed by atoms with E-state index in [4.69, 9.17) is 4.74 Å². The highest BCUT2D eigenvalue weighted by atomic mass is 16.5. The van der Waals surface area contributed by atoms with E-state index in [-0.39, 0.29) is 5.41 Å². The second kappa shape index (κ2) is 3.48. The molecule has 0 N–H and O–H groups in total. The molecule has 0 saturated carbocycles. The van der Waals surface area contributed by atoms with Crippen LogP contribution in [0.4, 0.5) is 5.69 Å².